The maximum absolute atomic E-state index is 12.6. The molecule has 3 aromatic carbocycles. The molecule has 6 nitrogen and oxygen atoms in total. The van der Waals surface area contributed by atoms with Gasteiger partial charge in [0.05, 0.1) is 6.61 Å². The van der Waals surface area contributed by atoms with Crippen molar-refractivity contribution in [1.29, 1.82) is 0 Å². The van der Waals surface area contributed by atoms with E-state index in [9.17, 15) is 9.90 Å². The van der Waals surface area contributed by atoms with Crippen LogP contribution >= 0.6 is 0 Å². The molecule has 0 aromatic heterocycles. The van der Waals surface area contributed by atoms with Crippen molar-refractivity contribution in [2.45, 2.75) is 27.3 Å². The van der Waals surface area contributed by atoms with Gasteiger partial charge in [0.2, 0.25) is 0 Å². The van der Waals surface area contributed by atoms with E-state index in [1.54, 1.807) is 12.1 Å². The SMILES string of the molecule is CCOc1cc(CN2CCN(c3ccc(C(=O)N(CC)CC)cc3)CC2)cc(-c2cccc(O)c2)c1. The molecule has 0 radical (unpaired) electrons. The fourth-order valence-corrected chi connectivity index (χ4v) is 4.78. The predicted octanol–water partition coefficient (Wildman–Crippen LogP) is 5.26. The summed E-state index contributed by atoms with van der Waals surface area (Å²) < 4.78 is 5.84. The fourth-order valence-electron chi connectivity index (χ4n) is 4.78. The summed E-state index contributed by atoms with van der Waals surface area (Å²) in [5.74, 6) is 1.21. The third-order valence-electron chi connectivity index (χ3n) is 6.77. The lowest BCUT2D eigenvalue weighted by Crippen LogP contribution is -2.46. The smallest absolute Gasteiger partial charge is 0.253 e. The Morgan fingerprint density at radius 1 is 0.889 bits per heavy atom. The molecule has 1 amide bonds. The van der Waals surface area contributed by atoms with Crippen molar-refractivity contribution in [2.24, 2.45) is 0 Å². The molecule has 1 saturated heterocycles. The molecule has 4 rings (SSSR count). The van der Waals surface area contributed by atoms with Crippen molar-refractivity contribution in [1.82, 2.24) is 9.80 Å². The van der Waals surface area contributed by atoms with E-state index in [1.165, 1.54) is 5.56 Å². The van der Waals surface area contributed by atoms with E-state index in [4.69, 9.17) is 4.74 Å². The van der Waals surface area contributed by atoms with Gasteiger partial charge >= 0.3 is 0 Å². The number of phenolic OH excluding ortho intramolecular Hbond substituents is 1. The van der Waals surface area contributed by atoms with E-state index in [0.717, 1.165) is 73.9 Å². The highest BCUT2D eigenvalue weighted by Crippen LogP contribution is 2.29. The molecule has 0 unspecified atom stereocenters. The lowest BCUT2D eigenvalue weighted by atomic mass is 10.0. The molecule has 0 saturated carbocycles. The van der Waals surface area contributed by atoms with Crippen molar-refractivity contribution >= 4 is 11.6 Å². The van der Waals surface area contributed by atoms with Crippen LogP contribution in [0.5, 0.6) is 11.5 Å². The first-order valence-corrected chi connectivity index (χ1v) is 12.9. The Hall–Kier alpha value is -3.51. The highest BCUT2D eigenvalue weighted by molar-refractivity contribution is 5.94. The molecule has 6 heteroatoms. The number of phenols is 1. The van der Waals surface area contributed by atoms with Crippen LogP contribution in [-0.2, 0) is 6.54 Å². The van der Waals surface area contributed by atoms with Crippen LogP contribution in [0.3, 0.4) is 0 Å². The molecule has 36 heavy (non-hydrogen) atoms. The number of nitrogens with zero attached hydrogens (tertiary/aromatic N) is 3. The average Bonchev–Trinajstić information content (AvgIpc) is 2.90. The number of hydrogen-bond acceptors (Lipinski definition) is 5. The number of carbonyl (C=O) groups is 1. The van der Waals surface area contributed by atoms with Crippen molar-refractivity contribution < 1.29 is 14.6 Å². The standard InChI is InChI=1S/C30H37N3O3/c1-4-32(5-2)30(35)24-10-12-27(13-11-24)33-16-14-31(15-17-33)22-23-18-26(21-29(19-23)36-6-3)25-8-7-9-28(34)20-25/h7-13,18-21,34H,4-6,14-17,22H2,1-3H3. The molecular weight excluding hydrogens is 450 g/mol. The lowest BCUT2D eigenvalue weighted by molar-refractivity contribution is 0.0773. The molecule has 1 fully saturated rings. The Kier molecular flexibility index (Phi) is 8.49. The molecule has 0 spiro atoms. The van der Waals surface area contributed by atoms with Gasteiger partial charge < -0.3 is 19.6 Å². The van der Waals surface area contributed by atoms with Crippen LogP contribution < -0.4 is 9.64 Å². The van der Waals surface area contributed by atoms with E-state index < -0.39 is 0 Å². The third-order valence-corrected chi connectivity index (χ3v) is 6.77. The predicted molar refractivity (Wildman–Crippen MR) is 146 cm³/mol. The van der Waals surface area contributed by atoms with Crippen LogP contribution in [0.25, 0.3) is 11.1 Å². The number of piperazine rings is 1. The van der Waals surface area contributed by atoms with Crippen molar-refractivity contribution in [3.05, 3.63) is 77.9 Å². The Morgan fingerprint density at radius 2 is 1.61 bits per heavy atom. The molecule has 0 aliphatic carbocycles. The van der Waals surface area contributed by atoms with Gasteiger partial charge in [-0.05, 0) is 92.1 Å². The fraction of sp³-hybridized carbons (Fsp3) is 0.367. The highest BCUT2D eigenvalue weighted by atomic mass is 16.5. The Labute approximate surface area is 214 Å². The molecule has 0 bridgehead atoms. The monoisotopic (exact) mass is 487 g/mol. The number of ether oxygens (including phenoxy) is 1. The van der Waals surface area contributed by atoms with Gasteiger partial charge in [-0.1, -0.05) is 12.1 Å². The maximum atomic E-state index is 12.6. The zero-order valence-electron chi connectivity index (χ0n) is 21.6. The third kappa shape index (κ3) is 6.18. The quantitative estimate of drug-likeness (QED) is 0.446. The average molecular weight is 488 g/mol. The topological polar surface area (TPSA) is 56.2 Å². The molecule has 190 valence electrons. The van der Waals surface area contributed by atoms with Crippen LogP contribution in [0, 0.1) is 0 Å². The van der Waals surface area contributed by atoms with E-state index >= 15 is 0 Å². The number of rotatable bonds is 9. The second-order valence-corrected chi connectivity index (χ2v) is 9.14. The van der Waals surface area contributed by atoms with E-state index in [-0.39, 0.29) is 11.7 Å². The van der Waals surface area contributed by atoms with Gasteiger partial charge in [-0.3, -0.25) is 9.69 Å². The number of amides is 1. The van der Waals surface area contributed by atoms with Gasteiger partial charge in [-0.15, -0.1) is 0 Å². The van der Waals surface area contributed by atoms with E-state index in [0.29, 0.717) is 6.61 Å². The van der Waals surface area contributed by atoms with Gasteiger partial charge in [0.25, 0.3) is 5.91 Å². The highest BCUT2D eigenvalue weighted by Gasteiger charge is 2.19. The summed E-state index contributed by atoms with van der Waals surface area (Å²) >= 11 is 0. The van der Waals surface area contributed by atoms with E-state index in [1.807, 2.05) is 56.0 Å². The zero-order valence-corrected chi connectivity index (χ0v) is 21.6. The molecule has 1 heterocycles. The molecule has 1 N–H and O–H groups in total. The molecular formula is C30H37N3O3. The molecule has 0 atom stereocenters. The summed E-state index contributed by atoms with van der Waals surface area (Å²) in [4.78, 5) is 19.3. The second-order valence-electron chi connectivity index (χ2n) is 9.14. The minimum atomic E-state index is 0.0933. The Bertz CT molecular complexity index is 1150. The summed E-state index contributed by atoms with van der Waals surface area (Å²) in [6.45, 7) is 12.7. The number of aromatic hydroxyl groups is 1. The number of carbonyl (C=O) groups excluding carboxylic acids is 1. The van der Waals surface area contributed by atoms with Gasteiger partial charge in [0.15, 0.2) is 0 Å². The number of hydrogen-bond donors (Lipinski definition) is 1. The van der Waals surface area contributed by atoms with Crippen molar-refractivity contribution in [2.75, 3.05) is 50.8 Å². The maximum Gasteiger partial charge on any atom is 0.253 e. The summed E-state index contributed by atoms with van der Waals surface area (Å²) in [5.41, 5.74) is 5.13. The molecule has 3 aromatic rings. The summed E-state index contributed by atoms with van der Waals surface area (Å²) in [6.07, 6.45) is 0. The van der Waals surface area contributed by atoms with Crippen molar-refractivity contribution in [3.63, 3.8) is 0 Å². The molecule has 1 aliphatic rings. The van der Waals surface area contributed by atoms with Gasteiger partial charge in [0, 0.05) is 57.1 Å². The second kappa shape index (κ2) is 12.0. The minimum Gasteiger partial charge on any atom is -0.508 e. The first-order valence-electron chi connectivity index (χ1n) is 12.9. The number of benzene rings is 3. The van der Waals surface area contributed by atoms with Crippen molar-refractivity contribution in [3.8, 4) is 22.6 Å². The lowest BCUT2D eigenvalue weighted by Gasteiger charge is -2.36. The summed E-state index contributed by atoms with van der Waals surface area (Å²) in [5, 5.41) is 9.92. The largest absolute Gasteiger partial charge is 0.508 e. The summed E-state index contributed by atoms with van der Waals surface area (Å²) in [6, 6.07) is 21.7. The first kappa shape index (κ1) is 25.6. The van der Waals surface area contributed by atoms with Crippen LogP contribution in [0.1, 0.15) is 36.7 Å². The number of anilines is 1. The van der Waals surface area contributed by atoms with Crippen LogP contribution in [0.15, 0.2) is 66.7 Å². The zero-order chi connectivity index (χ0) is 25.5. The summed E-state index contributed by atoms with van der Waals surface area (Å²) in [7, 11) is 0. The van der Waals surface area contributed by atoms with Gasteiger partial charge in [-0.25, -0.2) is 0 Å². The van der Waals surface area contributed by atoms with E-state index in [2.05, 4.69) is 34.1 Å². The Morgan fingerprint density at radius 3 is 2.25 bits per heavy atom. The minimum absolute atomic E-state index is 0.0933. The normalized spacial score (nSPS) is 14.0. The van der Waals surface area contributed by atoms with Crippen LogP contribution in [0.2, 0.25) is 0 Å². The molecule has 1 aliphatic heterocycles. The van der Waals surface area contributed by atoms with Crippen LogP contribution in [0.4, 0.5) is 5.69 Å². The van der Waals surface area contributed by atoms with Gasteiger partial charge in [-0.2, -0.15) is 0 Å². The Balaban J connectivity index is 1.40. The first-order chi connectivity index (χ1) is 17.5. The van der Waals surface area contributed by atoms with Gasteiger partial charge in [0.1, 0.15) is 11.5 Å². The van der Waals surface area contributed by atoms with Crippen LogP contribution in [-0.4, -0.2) is 66.7 Å².